The molecule has 0 aliphatic heterocycles. The van der Waals surface area contributed by atoms with Gasteiger partial charge in [0.15, 0.2) is 0 Å². The molecule has 0 fully saturated rings. The molecule has 0 aliphatic rings. The van der Waals surface area contributed by atoms with E-state index in [1.807, 2.05) is 19.1 Å². The van der Waals surface area contributed by atoms with Gasteiger partial charge in [-0.05, 0) is 37.3 Å². The maximum atomic E-state index is 10.9. The number of pyridine rings is 1. The van der Waals surface area contributed by atoms with E-state index in [1.165, 1.54) is 11.3 Å². The van der Waals surface area contributed by atoms with Gasteiger partial charge >= 0.3 is 5.97 Å². The van der Waals surface area contributed by atoms with Gasteiger partial charge in [0, 0.05) is 17.5 Å². The molecule has 3 aromatic rings. The number of hydrogen-bond donors (Lipinski definition) is 1. The predicted molar refractivity (Wildman–Crippen MR) is 74.5 cm³/mol. The summed E-state index contributed by atoms with van der Waals surface area (Å²) >= 11 is 1.49. The molecule has 2 aromatic heterocycles. The Morgan fingerprint density at radius 2 is 2.11 bits per heavy atom. The normalized spacial score (nSPS) is 10.8. The minimum Gasteiger partial charge on any atom is -0.478 e. The molecule has 19 heavy (non-hydrogen) atoms. The van der Waals surface area contributed by atoms with Crippen LogP contribution in [-0.2, 0) is 0 Å². The Morgan fingerprint density at radius 3 is 2.84 bits per heavy atom. The maximum Gasteiger partial charge on any atom is 0.335 e. The molecule has 0 atom stereocenters. The smallest absolute Gasteiger partial charge is 0.335 e. The van der Waals surface area contributed by atoms with Crippen LogP contribution in [0.4, 0.5) is 0 Å². The summed E-state index contributed by atoms with van der Waals surface area (Å²) in [5.41, 5.74) is 3.04. The minimum absolute atomic E-state index is 0.286. The monoisotopic (exact) mass is 270 g/mol. The molecule has 1 aromatic carbocycles. The largest absolute Gasteiger partial charge is 0.478 e. The number of rotatable bonds is 2. The third kappa shape index (κ3) is 2.20. The summed E-state index contributed by atoms with van der Waals surface area (Å²) in [4.78, 5) is 19.6. The number of aromatic carboxylic acids is 1. The molecular formula is C14H10N2O2S. The van der Waals surface area contributed by atoms with Crippen LogP contribution < -0.4 is 0 Å². The fourth-order valence-electron chi connectivity index (χ4n) is 1.86. The van der Waals surface area contributed by atoms with Gasteiger partial charge in [0.2, 0.25) is 0 Å². The standard InChI is InChI=1S/C14H10N2O2S/c1-8-6-9(4-5-15-8)13-16-11-3-2-10(14(17)18)7-12(11)19-13/h2-7H,1H3,(H,17,18). The van der Waals surface area contributed by atoms with Crippen LogP contribution in [0.5, 0.6) is 0 Å². The van der Waals surface area contributed by atoms with Crippen LogP contribution >= 0.6 is 11.3 Å². The van der Waals surface area contributed by atoms with Crippen molar-refractivity contribution in [1.29, 1.82) is 0 Å². The Bertz CT molecular complexity index is 780. The van der Waals surface area contributed by atoms with Crippen LogP contribution in [0.3, 0.4) is 0 Å². The van der Waals surface area contributed by atoms with Crippen molar-refractivity contribution in [3.8, 4) is 10.6 Å². The first-order chi connectivity index (χ1) is 9.13. The second-order valence-electron chi connectivity index (χ2n) is 4.19. The predicted octanol–water partition coefficient (Wildman–Crippen LogP) is 3.36. The van der Waals surface area contributed by atoms with Gasteiger partial charge in [-0.15, -0.1) is 11.3 Å². The zero-order valence-corrected chi connectivity index (χ0v) is 10.9. The van der Waals surface area contributed by atoms with E-state index >= 15 is 0 Å². The van der Waals surface area contributed by atoms with Gasteiger partial charge in [-0.2, -0.15) is 0 Å². The van der Waals surface area contributed by atoms with E-state index in [0.29, 0.717) is 0 Å². The lowest BCUT2D eigenvalue weighted by Crippen LogP contribution is -1.94. The van der Waals surface area contributed by atoms with Gasteiger partial charge in [-0.3, -0.25) is 4.98 Å². The molecule has 0 aliphatic carbocycles. The van der Waals surface area contributed by atoms with Crippen molar-refractivity contribution >= 4 is 27.5 Å². The summed E-state index contributed by atoms with van der Waals surface area (Å²) in [6.07, 6.45) is 1.75. The molecule has 94 valence electrons. The molecule has 0 bridgehead atoms. The van der Waals surface area contributed by atoms with Crippen molar-refractivity contribution in [3.63, 3.8) is 0 Å². The second-order valence-corrected chi connectivity index (χ2v) is 5.22. The van der Waals surface area contributed by atoms with Crippen LogP contribution in [0.1, 0.15) is 16.1 Å². The summed E-state index contributed by atoms with van der Waals surface area (Å²) < 4.78 is 0.879. The maximum absolute atomic E-state index is 10.9. The Kier molecular flexibility index (Phi) is 2.76. The SMILES string of the molecule is Cc1cc(-c2nc3ccc(C(=O)O)cc3s2)ccn1. The van der Waals surface area contributed by atoms with Crippen LogP contribution in [0.2, 0.25) is 0 Å². The zero-order chi connectivity index (χ0) is 13.4. The number of aryl methyl sites for hydroxylation is 1. The average Bonchev–Trinajstić information content (AvgIpc) is 2.81. The lowest BCUT2D eigenvalue weighted by molar-refractivity contribution is 0.0697. The average molecular weight is 270 g/mol. The lowest BCUT2D eigenvalue weighted by atomic mass is 10.2. The van der Waals surface area contributed by atoms with Crippen LogP contribution in [0.15, 0.2) is 36.5 Å². The summed E-state index contributed by atoms with van der Waals surface area (Å²) in [6, 6.07) is 8.85. The Hall–Kier alpha value is -2.27. The van der Waals surface area contributed by atoms with Gasteiger partial charge in [-0.25, -0.2) is 9.78 Å². The molecule has 0 unspecified atom stereocenters. The van der Waals surface area contributed by atoms with Crippen molar-refractivity contribution in [3.05, 3.63) is 47.8 Å². The van der Waals surface area contributed by atoms with Crippen LogP contribution in [0.25, 0.3) is 20.8 Å². The lowest BCUT2D eigenvalue weighted by Gasteiger charge is -1.95. The Labute approximate surface area is 113 Å². The van der Waals surface area contributed by atoms with Crippen molar-refractivity contribution in [2.24, 2.45) is 0 Å². The highest BCUT2D eigenvalue weighted by Crippen LogP contribution is 2.30. The van der Waals surface area contributed by atoms with Gasteiger partial charge in [0.25, 0.3) is 0 Å². The molecule has 0 saturated carbocycles. The first-order valence-electron chi connectivity index (χ1n) is 5.70. The fraction of sp³-hybridized carbons (Fsp3) is 0.0714. The first kappa shape index (κ1) is 11.8. The second kappa shape index (κ2) is 4.44. The Morgan fingerprint density at radius 1 is 1.26 bits per heavy atom. The van der Waals surface area contributed by atoms with Gasteiger partial charge in [0.05, 0.1) is 15.8 Å². The number of carboxylic acid groups (broad SMARTS) is 1. The van der Waals surface area contributed by atoms with Gasteiger partial charge < -0.3 is 5.11 Å². The van der Waals surface area contributed by atoms with Crippen molar-refractivity contribution in [2.45, 2.75) is 6.92 Å². The number of nitrogens with zero attached hydrogens (tertiary/aromatic N) is 2. The molecule has 0 saturated heterocycles. The summed E-state index contributed by atoms with van der Waals surface area (Å²) in [7, 11) is 0. The molecular weight excluding hydrogens is 260 g/mol. The van der Waals surface area contributed by atoms with Crippen molar-refractivity contribution in [2.75, 3.05) is 0 Å². The highest BCUT2D eigenvalue weighted by atomic mass is 32.1. The molecule has 0 spiro atoms. The topological polar surface area (TPSA) is 63.1 Å². The summed E-state index contributed by atoms with van der Waals surface area (Å²) in [5, 5.41) is 9.86. The first-order valence-corrected chi connectivity index (χ1v) is 6.52. The summed E-state index contributed by atoms with van der Waals surface area (Å²) in [6.45, 7) is 1.93. The number of aromatic nitrogens is 2. The highest BCUT2D eigenvalue weighted by Gasteiger charge is 2.09. The third-order valence-electron chi connectivity index (χ3n) is 2.78. The van der Waals surface area contributed by atoms with Crippen LogP contribution in [-0.4, -0.2) is 21.0 Å². The molecule has 2 heterocycles. The van der Waals surface area contributed by atoms with E-state index in [1.54, 1.807) is 24.4 Å². The van der Waals surface area contributed by atoms with Gasteiger partial charge in [-0.1, -0.05) is 0 Å². The molecule has 4 nitrogen and oxygen atoms in total. The number of carboxylic acids is 1. The fourth-order valence-corrected chi connectivity index (χ4v) is 2.86. The van der Waals surface area contributed by atoms with Crippen molar-refractivity contribution in [1.82, 2.24) is 9.97 Å². The van der Waals surface area contributed by atoms with E-state index in [4.69, 9.17) is 5.11 Å². The van der Waals surface area contributed by atoms with Crippen LogP contribution in [0, 0.1) is 6.92 Å². The molecule has 5 heteroatoms. The van der Waals surface area contributed by atoms with E-state index < -0.39 is 5.97 Å². The number of benzene rings is 1. The molecule has 3 rings (SSSR count). The molecule has 1 N–H and O–H groups in total. The van der Waals surface area contributed by atoms with E-state index in [0.717, 1.165) is 26.5 Å². The number of thiazole rings is 1. The highest BCUT2D eigenvalue weighted by molar-refractivity contribution is 7.21. The third-order valence-corrected chi connectivity index (χ3v) is 3.85. The van der Waals surface area contributed by atoms with E-state index in [-0.39, 0.29) is 5.56 Å². The van der Waals surface area contributed by atoms with Crippen molar-refractivity contribution < 1.29 is 9.90 Å². The number of hydrogen-bond acceptors (Lipinski definition) is 4. The zero-order valence-electron chi connectivity index (χ0n) is 10.1. The summed E-state index contributed by atoms with van der Waals surface area (Å²) in [5.74, 6) is -0.920. The number of carbonyl (C=O) groups is 1. The van der Waals surface area contributed by atoms with E-state index in [2.05, 4.69) is 9.97 Å². The number of fused-ring (bicyclic) bond motifs is 1. The quantitative estimate of drug-likeness (QED) is 0.775. The molecule has 0 radical (unpaired) electrons. The van der Waals surface area contributed by atoms with E-state index in [9.17, 15) is 4.79 Å². The minimum atomic E-state index is -0.920. The molecule has 0 amide bonds. The Balaban J connectivity index is 2.14. The van der Waals surface area contributed by atoms with Gasteiger partial charge in [0.1, 0.15) is 5.01 Å².